The standard InChI is InChI=1S/C14H14Cl2O4/c1-20-14(19)8-12(18)7-11(17)5-3-9-2-4-10(15)6-13(9)16/h2-6,12,18H,7-8H2,1H3/b5-3+/t12-/m1/s1. The first-order chi connectivity index (χ1) is 9.42. The van der Waals surface area contributed by atoms with Crippen LogP contribution in [0.15, 0.2) is 24.3 Å². The van der Waals surface area contributed by atoms with Gasteiger partial charge in [0.2, 0.25) is 0 Å². The van der Waals surface area contributed by atoms with E-state index in [-0.39, 0.29) is 18.6 Å². The molecule has 20 heavy (non-hydrogen) atoms. The molecule has 0 aliphatic rings. The summed E-state index contributed by atoms with van der Waals surface area (Å²) in [6.45, 7) is 0. The van der Waals surface area contributed by atoms with Crippen LogP contribution in [0.5, 0.6) is 0 Å². The van der Waals surface area contributed by atoms with Gasteiger partial charge in [0, 0.05) is 16.5 Å². The first kappa shape index (κ1) is 16.7. The van der Waals surface area contributed by atoms with Gasteiger partial charge in [0.05, 0.1) is 19.6 Å². The molecule has 0 fully saturated rings. The Hall–Kier alpha value is -1.36. The molecule has 1 rings (SSSR count). The molecule has 1 aromatic rings. The summed E-state index contributed by atoms with van der Waals surface area (Å²) in [6.07, 6.45) is 1.41. The number of halogens is 2. The van der Waals surface area contributed by atoms with Crippen molar-refractivity contribution in [3.63, 3.8) is 0 Å². The van der Waals surface area contributed by atoms with Crippen LogP contribution in [0.2, 0.25) is 10.0 Å². The lowest BCUT2D eigenvalue weighted by molar-refractivity contribution is -0.143. The zero-order valence-corrected chi connectivity index (χ0v) is 12.3. The van der Waals surface area contributed by atoms with Crippen molar-refractivity contribution in [2.75, 3.05) is 7.11 Å². The summed E-state index contributed by atoms with van der Waals surface area (Å²) in [4.78, 5) is 22.5. The minimum Gasteiger partial charge on any atom is -0.469 e. The van der Waals surface area contributed by atoms with Crippen LogP contribution in [0.3, 0.4) is 0 Å². The van der Waals surface area contributed by atoms with Crippen molar-refractivity contribution in [3.05, 3.63) is 39.9 Å². The zero-order valence-electron chi connectivity index (χ0n) is 10.8. The molecule has 1 aromatic carbocycles. The van der Waals surface area contributed by atoms with Gasteiger partial charge in [0.25, 0.3) is 0 Å². The van der Waals surface area contributed by atoms with Gasteiger partial charge in [-0.05, 0) is 29.8 Å². The smallest absolute Gasteiger partial charge is 0.308 e. The van der Waals surface area contributed by atoms with E-state index in [0.29, 0.717) is 15.6 Å². The molecular weight excluding hydrogens is 303 g/mol. The topological polar surface area (TPSA) is 63.6 Å². The van der Waals surface area contributed by atoms with Crippen LogP contribution in [0.25, 0.3) is 6.08 Å². The number of hydrogen-bond acceptors (Lipinski definition) is 4. The number of benzene rings is 1. The van der Waals surface area contributed by atoms with Gasteiger partial charge in [-0.3, -0.25) is 9.59 Å². The highest BCUT2D eigenvalue weighted by molar-refractivity contribution is 6.35. The third-order valence-electron chi connectivity index (χ3n) is 2.48. The van der Waals surface area contributed by atoms with Crippen LogP contribution in [-0.4, -0.2) is 30.1 Å². The molecule has 6 heteroatoms. The SMILES string of the molecule is COC(=O)C[C@H](O)CC(=O)/C=C/c1ccc(Cl)cc1Cl. The molecule has 4 nitrogen and oxygen atoms in total. The van der Waals surface area contributed by atoms with Crippen molar-refractivity contribution in [2.45, 2.75) is 18.9 Å². The van der Waals surface area contributed by atoms with Gasteiger partial charge < -0.3 is 9.84 Å². The number of aliphatic hydroxyl groups is 1. The molecule has 1 atom stereocenters. The molecular formula is C14H14Cl2O4. The number of esters is 1. The summed E-state index contributed by atoms with van der Waals surface area (Å²) in [5.74, 6) is -0.873. The van der Waals surface area contributed by atoms with E-state index in [2.05, 4.69) is 4.74 Å². The van der Waals surface area contributed by atoms with E-state index >= 15 is 0 Å². The molecule has 0 aliphatic carbocycles. The number of ether oxygens (including phenoxy) is 1. The van der Waals surface area contributed by atoms with Crippen molar-refractivity contribution in [2.24, 2.45) is 0 Å². The number of rotatable bonds is 6. The van der Waals surface area contributed by atoms with Gasteiger partial charge in [-0.15, -0.1) is 0 Å². The van der Waals surface area contributed by atoms with Gasteiger partial charge in [-0.2, -0.15) is 0 Å². The Balaban J connectivity index is 2.57. The van der Waals surface area contributed by atoms with E-state index in [1.54, 1.807) is 18.2 Å². The van der Waals surface area contributed by atoms with Crippen LogP contribution < -0.4 is 0 Å². The maximum absolute atomic E-state index is 11.6. The minimum absolute atomic E-state index is 0.156. The average molecular weight is 317 g/mol. The van der Waals surface area contributed by atoms with Crippen LogP contribution in [0, 0.1) is 0 Å². The Morgan fingerprint density at radius 3 is 2.65 bits per heavy atom. The molecule has 1 N–H and O–H groups in total. The number of methoxy groups -OCH3 is 1. The van der Waals surface area contributed by atoms with Gasteiger partial charge in [0.1, 0.15) is 0 Å². The summed E-state index contributed by atoms with van der Waals surface area (Å²) in [7, 11) is 1.22. The molecule has 0 saturated heterocycles. The van der Waals surface area contributed by atoms with Crippen LogP contribution in [0.1, 0.15) is 18.4 Å². The van der Waals surface area contributed by atoms with Crippen molar-refractivity contribution in [3.8, 4) is 0 Å². The Kier molecular flexibility index (Phi) is 6.71. The largest absolute Gasteiger partial charge is 0.469 e. The zero-order chi connectivity index (χ0) is 15.1. The summed E-state index contributed by atoms with van der Waals surface area (Å²) >= 11 is 11.7. The second-order valence-corrected chi connectivity index (χ2v) is 4.95. The highest BCUT2D eigenvalue weighted by Crippen LogP contribution is 2.22. The molecule has 108 valence electrons. The first-order valence-electron chi connectivity index (χ1n) is 5.83. The summed E-state index contributed by atoms with van der Waals surface area (Å²) in [5, 5.41) is 10.4. The van der Waals surface area contributed by atoms with Gasteiger partial charge in [0.15, 0.2) is 5.78 Å². The molecule has 0 unspecified atom stereocenters. The second kappa shape index (κ2) is 8.04. The van der Waals surface area contributed by atoms with Crippen LogP contribution in [-0.2, 0) is 14.3 Å². The van der Waals surface area contributed by atoms with E-state index in [4.69, 9.17) is 23.2 Å². The molecule has 0 aliphatic heterocycles. The first-order valence-corrected chi connectivity index (χ1v) is 6.59. The summed E-state index contributed by atoms with van der Waals surface area (Å²) in [5.41, 5.74) is 0.645. The quantitative estimate of drug-likeness (QED) is 0.647. The maximum atomic E-state index is 11.6. The molecule has 0 heterocycles. The summed E-state index contributed by atoms with van der Waals surface area (Å²) < 4.78 is 4.40. The van der Waals surface area contributed by atoms with Crippen molar-refractivity contribution >= 4 is 41.0 Å². The van der Waals surface area contributed by atoms with E-state index < -0.39 is 12.1 Å². The van der Waals surface area contributed by atoms with E-state index in [9.17, 15) is 14.7 Å². The number of hydrogen-bond donors (Lipinski definition) is 1. The Bertz CT molecular complexity index is 526. The molecule has 0 bridgehead atoms. The van der Waals surface area contributed by atoms with Crippen LogP contribution in [0.4, 0.5) is 0 Å². The Morgan fingerprint density at radius 2 is 2.05 bits per heavy atom. The number of carbonyl (C=O) groups excluding carboxylic acids is 2. The van der Waals surface area contributed by atoms with E-state index in [1.165, 1.54) is 19.3 Å². The maximum Gasteiger partial charge on any atom is 0.308 e. The van der Waals surface area contributed by atoms with Crippen LogP contribution >= 0.6 is 23.2 Å². The lowest BCUT2D eigenvalue weighted by Crippen LogP contribution is -2.17. The van der Waals surface area contributed by atoms with Crippen molar-refractivity contribution in [1.82, 2.24) is 0 Å². The minimum atomic E-state index is -1.06. The normalized spacial score (nSPS) is 12.4. The number of carbonyl (C=O) groups is 2. The lowest BCUT2D eigenvalue weighted by Gasteiger charge is -2.06. The second-order valence-electron chi connectivity index (χ2n) is 4.10. The monoisotopic (exact) mass is 316 g/mol. The van der Waals surface area contributed by atoms with Crippen molar-refractivity contribution in [1.29, 1.82) is 0 Å². The molecule has 0 spiro atoms. The highest BCUT2D eigenvalue weighted by Gasteiger charge is 2.13. The number of ketones is 1. The molecule has 0 amide bonds. The predicted octanol–water partition coefficient (Wildman–Crippen LogP) is 2.89. The fourth-order valence-corrected chi connectivity index (χ4v) is 1.94. The highest BCUT2D eigenvalue weighted by atomic mass is 35.5. The fraction of sp³-hybridized carbons (Fsp3) is 0.286. The van der Waals surface area contributed by atoms with E-state index in [0.717, 1.165) is 0 Å². The van der Waals surface area contributed by atoms with Gasteiger partial charge in [-0.1, -0.05) is 29.3 Å². The molecule has 0 saturated carbocycles. The fourth-order valence-electron chi connectivity index (χ4n) is 1.47. The van der Waals surface area contributed by atoms with Gasteiger partial charge >= 0.3 is 5.97 Å². The predicted molar refractivity (Wildman–Crippen MR) is 77.8 cm³/mol. The Morgan fingerprint density at radius 1 is 1.35 bits per heavy atom. The van der Waals surface area contributed by atoms with Crippen molar-refractivity contribution < 1.29 is 19.4 Å². The molecule has 0 aromatic heterocycles. The third kappa shape index (κ3) is 5.74. The van der Waals surface area contributed by atoms with Gasteiger partial charge in [-0.25, -0.2) is 0 Å². The molecule has 0 radical (unpaired) electrons. The average Bonchev–Trinajstić information content (AvgIpc) is 2.37. The number of aliphatic hydroxyl groups excluding tert-OH is 1. The summed E-state index contributed by atoms with van der Waals surface area (Å²) in [6, 6.07) is 4.91. The Labute approximate surface area is 126 Å². The third-order valence-corrected chi connectivity index (χ3v) is 3.04. The van der Waals surface area contributed by atoms with E-state index in [1.807, 2.05) is 0 Å². The lowest BCUT2D eigenvalue weighted by atomic mass is 10.1. The number of allylic oxidation sites excluding steroid dienone is 1.